The molecule has 22 heavy (non-hydrogen) atoms. The van der Waals surface area contributed by atoms with Crippen LogP contribution in [0.2, 0.25) is 10.0 Å². The lowest BCUT2D eigenvalue weighted by Crippen LogP contribution is -2.42. The van der Waals surface area contributed by atoms with E-state index in [1.807, 2.05) is 46.8 Å². The van der Waals surface area contributed by atoms with E-state index in [4.69, 9.17) is 27.9 Å². The molecule has 0 heterocycles. The van der Waals surface area contributed by atoms with E-state index >= 15 is 0 Å². The number of carbonyl (C=O) groups is 1. The molecule has 0 radical (unpaired) electrons. The van der Waals surface area contributed by atoms with Gasteiger partial charge in [-0.05, 0) is 52.3 Å². The predicted octanol–water partition coefficient (Wildman–Crippen LogP) is 4.56. The van der Waals surface area contributed by atoms with Crippen LogP contribution in [0.5, 0.6) is 0 Å². The molecule has 0 bridgehead atoms. The fourth-order valence-corrected chi connectivity index (χ4v) is 2.55. The van der Waals surface area contributed by atoms with Gasteiger partial charge in [-0.25, -0.2) is 4.79 Å². The van der Waals surface area contributed by atoms with E-state index in [2.05, 4.69) is 10.6 Å². The maximum absolute atomic E-state index is 11.6. The number of halogens is 2. The number of hydrogen-bond donors (Lipinski definition) is 2. The van der Waals surface area contributed by atoms with Gasteiger partial charge in [0.05, 0.1) is 0 Å². The summed E-state index contributed by atoms with van der Waals surface area (Å²) in [5.41, 5.74) is 0.473. The lowest BCUT2D eigenvalue weighted by molar-refractivity contribution is 0.0522. The van der Waals surface area contributed by atoms with Gasteiger partial charge in [0, 0.05) is 28.7 Å². The van der Waals surface area contributed by atoms with Crippen LogP contribution in [0.25, 0.3) is 0 Å². The molecule has 4 nitrogen and oxygen atoms in total. The van der Waals surface area contributed by atoms with Crippen LogP contribution in [0.15, 0.2) is 18.2 Å². The van der Waals surface area contributed by atoms with Gasteiger partial charge in [0.25, 0.3) is 0 Å². The van der Waals surface area contributed by atoms with Crippen molar-refractivity contribution in [2.24, 2.45) is 0 Å². The van der Waals surface area contributed by atoms with Gasteiger partial charge in [0.15, 0.2) is 0 Å². The second-order valence-corrected chi connectivity index (χ2v) is 7.18. The van der Waals surface area contributed by atoms with Crippen LogP contribution >= 0.6 is 23.2 Å². The molecule has 1 amide bonds. The van der Waals surface area contributed by atoms with Crippen LogP contribution in [0.1, 0.15) is 46.2 Å². The monoisotopic (exact) mass is 346 g/mol. The van der Waals surface area contributed by atoms with E-state index in [1.165, 1.54) is 0 Å². The Morgan fingerprint density at radius 3 is 2.45 bits per heavy atom. The maximum atomic E-state index is 11.6. The summed E-state index contributed by atoms with van der Waals surface area (Å²) in [6.07, 6.45) is -0.418. The van der Waals surface area contributed by atoms with Crippen LogP contribution in [-0.4, -0.2) is 24.3 Å². The molecule has 2 atom stereocenters. The highest BCUT2D eigenvalue weighted by atomic mass is 35.5. The minimum Gasteiger partial charge on any atom is -0.444 e. The topological polar surface area (TPSA) is 50.4 Å². The fraction of sp³-hybridized carbons (Fsp3) is 0.562. The van der Waals surface area contributed by atoms with Crippen LogP contribution in [0.4, 0.5) is 4.79 Å². The number of ether oxygens (including phenoxy) is 1. The SMILES string of the molecule is CC(CNC(=O)OC(C)(C)C)NC(C)c1ccc(Cl)cc1Cl. The molecular formula is C16H24Cl2N2O2. The Labute approximate surface area is 142 Å². The van der Waals surface area contributed by atoms with Crippen molar-refractivity contribution in [1.29, 1.82) is 0 Å². The predicted molar refractivity (Wildman–Crippen MR) is 91.7 cm³/mol. The zero-order chi connectivity index (χ0) is 16.9. The number of carbonyl (C=O) groups excluding carboxylic acids is 1. The first-order chi connectivity index (χ1) is 10.1. The maximum Gasteiger partial charge on any atom is 0.407 e. The average Bonchev–Trinajstić information content (AvgIpc) is 2.34. The van der Waals surface area contributed by atoms with Gasteiger partial charge in [-0.1, -0.05) is 29.3 Å². The summed E-state index contributed by atoms with van der Waals surface area (Å²) in [7, 11) is 0. The third kappa shape index (κ3) is 6.86. The molecule has 0 saturated carbocycles. The summed E-state index contributed by atoms with van der Waals surface area (Å²) in [4.78, 5) is 11.6. The molecular weight excluding hydrogens is 323 g/mol. The highest BCUT2D eigenvalue weighted by Gasteiger charge is 2.17. The highest BCUT2D eigenvalue weighted by Crippen LogP contribution is 2.26. The quantitative estimate of drug-likeness (QED) is 0.821. The number of hydrogen-bond acceptors (Lipinski definition) is 3. The number of nitrogens with one attached hydrogen (secondary N) is 2. The van der Waals surface area contributed by atoms with Crippen molar-refractivity contribution in [3.05, 3.63) is 33.8 Å². The van der Waals surface area contributed by atoms with Gasteiger partial charge < -0.3 is 15.4 Å². The van der Waals surface area contributed by atoms with E-state index in [9.17, 15) is 4.79 Å². The lowest BCUT2D eigenvalue weighted by atomic mass is 10.1. The van der Waals surface area contributed by atoms with Crippen molar-refractivity contribution in [2.75, 3.05) is 6.54 Å². The molecule has 0 aliphatic heterocycles. The summed E-state index contributed by atoms with van der Waals surface area (Å²) in [6, 6.07) is 5.54. The third-order valence-corrected chi connectivity index (χ3v) is 3.48. The molecule has 0 aliphatic carbocycles. The van der Waals surface area contributed by atoms with Crippen LogP contribution in [-0.2, 0) is 4.74 Å². The fourth-order valence-electron chi connectivity index (χ4n) is 1.98. The zero-order valence-corrected chi connectivity index (χ0v) is 15.2. The van der Waals surface area contributed by atoms with Gasteiger partial charge in [-0.3, -0.25) is 0 Å². The Morgan fingerprint density at radius 2 is 1.91 bits per heavy atom. The van der Waals surface area contributed by atoms with Crippen molar-refractivity contribution in [2.45, 2.75) is 52.3 Å². The molecule has 0 fully saturated rings. The first-order valence-electron chi connectivity index (χ1n) is 7.26. The van der Waals surface area contributed by atoms with Crippen LogP contribution in [0.3, 0.4) is 0 Å². The summed E-state index contributed by atoms with van der Waals surface area (Å²) >= 11 is 12.1. The third-order valence-electron chi connectivity index (χ3n) is 2.91. The van der Waals surface area contributed by atoms with E-state index in [0.29, 0.717) is 16.6 Å². The molecule has 2 unspecified atom stereocenters. The Bertz CT molecular complexity index is 515. The van der Waals surface area contributed by atoms with Crippen molar-refractivity contribution in [3.8, 4) is 0 Å². The summed E-state index contributed by atoms with van der Waals surface area (Å²) in [6.45, 7) is 9.96. The Morgan fingerprint density at radius 1 is 1.27 bits per heavy atom. The summed E-state index contributed by atoms with van der Waals surface area (Å²) in [5.74, 6) is 0. The smallest absolute Gasteiger partial charge is 0.407 e. The highest BCUT2D eigenvalue weighted by molar-refractivity contribution is 6.35. The van der Waals surface area contributed by atoms with Crippen molar-refractivity contribution in [1.82, 2.24) is 10.6 Å². The first-order valence-corrected chi connectivity index (χ1v) is 8.02. The minimum atomic E-state index is -0.495. The van der Waals surface area contributed by atoms with Gasteiger partial charge in [0.2, 0.25) is 0 Å². The summed E-state index contributed by atoms with van der Waals surface area (Å²) in [5, 5.41) is 7.36. The molecule has 6 heteroatoms. The number of benzene rings is 1. The number of amides is 1. The molecule has 0 aliphatic rings. The van der Waals surface area contributed by atoms with Crippen molar-refractivity contribution >= 4 is 29.3 Å². The average molecular weight is 347 g/mol. The largest absolute Gasteiger partial charge is 0.444 e. The normalized spacial score (nSPS) is 14.3. The van der Waals surface area contributed by atoms with Crippen LogP contribution < -0.4 is 10.6 Å². The van der Waals surface area contributed by atoms with Gasteiger partial charge in [0.1, 0.15) is 5.60 Å². The number of alkyl carbamates (subject to hydrolysis) is 1. The first kappa shape index (κ1) is 19.1. The Balaban J connectivity index is 2.47. The molecule has 2 N–H and O–H groups in total. The number of rotatable bonds is 5. The van der Waals surface area contributed by atoms with E-state index in [1.54, 1.807) is 6.07 Å². The van der Waals surface area contributed by atoms with Gasteiger partial charge >= 0.3 is 6.09 Å². The molecule has 0 aromatic heterocycles. The van der Waals surface area contributed by atoms with E-state index in [-0.39, 0.29) is 12.1 Å². The van der Waals surface area contributed by atoms with Gasteiger partial charge in [-0.15, -0.1) is 0 Å². The second-order valence-electron chi connectivity index (χ2n) is 6.34. The lowest BCUT2D eigenvalue weighted by Gasteiger charge is -2.23. The van der Waals surface area contributed by atoms with Crippen LogP contribution in [0, 0.1) is 0 Å². The molecule has 0 spiro atoms. The zero-order valence-electron chi connectivity index (χ0n) is 13.7. The minimum absolute atomic E-state index is 0.0419. The molecule has 124 valence electrons. The molecule has 1 aromatic carbocycles. The van der Waals surface area contributed by atoms with E-state index in [0.717, 1.165) is 5.56 Å². The van der Waals surface area contributed by atoms with Gasteiger partial charge in [-0.2, -0.15) is 0 Å². The van der Waals surface area contributed by atoms with Crippen molar-refractivity contribution in [3.63, 3.8) is 0 Å². The molecule has 1 rings (SSSR count). The van der Waals surface area contributed by atoms with Crippen molar-refractivity contribution < 1.29 is 9.53 Å². The van der Waals surface area contributed by atoms with E-state index < -0.39 is 11.7 Å². The molecule has 1 aromatic rings. The summed E-state index contributed by atoms with van der Waals surface area (Å²) < 4.78 is 5.20. The Hall–Kier alpha value is -0.970. The molecule has 0 saturated heterocycles. The second kappa shape index (κ2) is 8.04. The Kier molecular flexibility index (Phi) is 6.98. The standard InChI is InChI=1S/C16H24Cl2N2O2/c1-10(9-19-15(21)22-16(3,4)5)20-11(2)13-7-6-12(17)8-14(13)18/h6-8,10-11,20H,9H2,1-5H3,(H,19,21).